The highest BCUT2D eigenvalue weighted by Crippen LogP contribution is 2.46. The van der Waals surface area contributed by atoms with Crippen molar-refractivity contribution in [3.63, 3.8) is 0 Å². The van der Waals surface area contributed by atoms with Crippen molar-refractivity contribution >= 4 is 23.4 Å². The summed E-state index contributed by atoms with van der Waals surface area (Å²) in [5.74, 6) is 1.55. The molecule has 0 bridgehead atoms. The van der Waals surface area contributed by atoms with E-state index in [1.807, 2.05) is 41.3 Å². The van der Waals surface area contributed by atoms with Crippen LogP contribution in [-0.2, 0) is 4.79 Å². The summed E-state index contributed by atoms with van der Waals surface area (Å²) >= 11 is 1.74. The largest absolute Gasteiger partial charge is 0.493 e. The van der Waals surface area contributed by atoms with Crippen LogP contribution in [0.5, 0.6) is 11.5 Å². The predicted octanol–water partition coefficient (Wildman–Crippen LogP) is 4.68. The summed E-state index contributed by atoms with van der Waals surface area (Å²) in [4.78, 5) is 15.9. The van der Waals surface area contributed by atoms with Crippen LogP contribution in [-0.4, -0.2) is 26.7 Å². The molecule has 1 amide bonds. The minimum atomic E-state index is 0.0512. The van der Waals surface area contributed by atoms with E-state index in [4.69, 9.17) is 9.47 Å². The first-order valence-corrected chi connectivity index (χ1v) is 9.33. The molecule has 0 fully saturated rings. The molecule has 1 aliphatic rings. The standard InChI is InChI=1S/C20H23NO3S/c1-4-11-21-15-7-5-6-8-18(15)25-19(13-20(21)22)14-9-10-16(23-2)17(12-14)24-3/h5-10,12,19H,4,11,13H2,1-3H3. The van der Waals surface area contributed by atoms with Gasteiger partial charge in [0.2, 0.25) is 5.91 Å². The molecule has 5 heteroatoms. The Kier molecular flexibility index (Phi) is 5.53. The van der Waals surface area contributed by atoms with E-state index in [2.05, 4.69) is 13.0 Å². The van der Waals surface area contributed by atoms with Gasteiger partial charge in [-0.15, -0.1) is 11.8 Å². The summed E-state index contributed by atoms with van der Waals surface area (Å²) in [5, 5.41) is 0.0512. The van der Waals surface area contributed by atoms with Crippen LogP contribution >= 0.6 is 11.8 Å². The Morgan fingerprint density at radius 1 is 1.12 bits per heavy atom. The smallest absolute Gasteiger partial charge is 0.228 e. The van der Waals surface area contributed by atoms with Crippen LogP contribution in [0.2, 0.25) is 0 Å². The van der Waals surface area contributed by atoms with Crippen LogP contribution in [0.4, 0.5) is 5.69 Å². The second-order valence-corrected chi connectivity index (χ2v) is 7.18. The monoisotopic (exact) mass is 357 g/mol. The van der Waals surface area contributed by atoms with Crippen LogP contribution in [0.3, 0.4) is 0 Å². The molecular weight excluding hydrogens is 334 g/mol. The van der Waals surface area contributed by atoms with Gasteiger partial charge in [-0.25, -0.2) is 0 Å². The van der Waals surface area contributed by atoms with Gasteiger partial charge in [0.25, 0.3) is 0 Å². The number of carbonyl (C=O) groups excluding carboxylic acids is 1. The van der Waals surface area contributed by atoms with Gasteiger partial charge >= 0.3 is 0 Å². The maximum absolute atomic E-state index is 12.9. The molecule has 2 aromatic carbocycles. The van der Waals surface area contributed by atoms with Crippen molar-refractivity contribution < 1.29 is 14.3 Å². The number of carbonyl (C=O) groups is 1. The molecule has 1 unspecified atom stereocenters. The molecule has 0 spiro atoms. The van der Waals surface area contributed by atoms with Gasteiger partial charge in [0, 0.05) is 23.1 Å². The number of methoxy groups -OCH3 is 2. The molecule has 132 valence electrons. The number of para-hydroxylation sites is 1. The lowest BCUT2D eigenvalue weighted by Gasteiger charge is -2.21. The van der Waals surface area contributed by atoms with Gasteiger partial charge in [-0.3, -0.25) is 4.79 Å². The molecule has 0 saturated carbocycles. The fraction of sp³-hybridized carbons (Fsp3) is 0.350. The zero-order valence-electron chi connectivity index (χ0n) is 14.8. The van der Waals surface area contributed by atoms with Crippen molar-refractivity contribution in [2.75, 3.05) is 25.7 Å². The van der Waals surface area contributed by atoms with Gasteiger partial charge in [-0.05, 0) is 36.2 Å². The topological polar surface area (TPSA) is 38.8 Å². The summed E-state index contributed by atoms with van der Waals surface area (Å²) in [6, 6.07) is 14.0. The molecule has 0 saturated heterocycles. The van der Waals surface area contributed by atoms with Gasteiger partial charge in [0.15, 0.2) is 11.5 Å². The molecular formula is C20H23NO3S. The quantitative estimate of drug-likeness (QED) is 0.778. The normalized spacial score (nSPS) is 17.0. The fourth-order valence-corrected chi connectivity index (χ4v) is 4.36. The third-order valence-corrected chi connectivity index (χ3v) is 5.64. The van der Waals surface area contributed by atoms with Crippen molar-refractivity contribution in [2.24, 2.45) is 0 Å². The number of benzene rings is 2. The Morgan fingerprint density at radius 2 is 1.88 bits per heavy atom. The van der Waals surface area contributed by atoms with Crippen LogP contribution in [0.15, 0.2) is 47.4 Å². The maximum Gasteiger partial charge on any atom is 0.228 e. The van der Waals surface area contributed by atoms with Gasteiger partial charge in [-0.1, -0.05) is 25.1 Å². The third-order valence-electron chi connectivity index (χ3n) is 4.31. The van der Waals surface area contributed by atoms with Crippen molar-refractivity contribution in [1.82, 2.24) is 0 Å². The van der Waals surface area contributed by atoms with Crippen molar-refractivity contribution in [3.05, 3.63) is 48.0 Å². The molecule has 0 radical (unpaired) electrons. The Hall–Kier alpha value is -2.14. The maximum atomic E-state index is 12.9. The van der Waals surface area contributed by atoms with Gasteiger partial charge < -0.3 is 14.4 Å². The molecule has 1 aliphatic heterocycles. The van der Waals surface area contributed by atoms with E-state index in [1.165, 1.54) is 0 Å². The highest BCUT2D eigenvalue weighted by atomic mass is 32.2. The van der Waals surface area contributed by atoms with Crippen LogP contribution < -0.4 is 14.4 Å². The lowest BCUT2D eigenvalue weighted by atomic mass is 10.1. The average Bonchev–Trinajstić information content (AvgIpc) is 2.78. The number of rotatable bonds is 5. The number of fused-ring (bicyclic) bond motifs is 1. The SMILES string of the molecule is CCCN1C(=O)CC(c2ccc(OC)c(OC)c2)Sc2ccccc21. The van der Waals surface area contributed by atoms with E-state index in [1.54, 1.807) is 26.0 Å². The minimum absolute atomic E-state index is 0.0512. The molecule has 1 atom stereocenters. The Bertz CT molecular complexity index is 762. The Balaban J connectivity index is 1.98. The first kappa shape index (κ1) is 17.7. The predicted molar refractivity (Wildman–Crippen MR) is 102 cm³/mol. The molecule has 0 aromatic heterocycles. The van der Waals surface area contributed by atoms with Crippen molar-refractivity contribution in [3.8, 4) is 11.5 Å². The number of nitrogens with zero attached hydrogens (tertiary/aromatic N) is 1. The Labute approximate surface area is 153 Å². The zero-order chi connectivity index (χ0) is 17.8. The highest BCUT2D eigenvalue weighted by Gasteiger charge is 2.29. The van der Waals surface area contributed by atoms with Crippen LogP contribution in [0.1, 0.15) is 30.6 Å². The lowest BCUT2D eigenvalue weighted by Crippen LogP contribution is -2.31. The first-order chi connectivity index (χ1) is 12.2. The van der Waals surface area contributed by atoms with E-state index < -0.39 is 0 Å². The van der Waals surface area contributed by atoms with E-state index >= 15 is 0 Å². The lowest BCUT2D eigenvalue weighted by molar-refractivity contribution is -0.118. The molecule has 4 nitrogen and oxygen atoms in total. The van der Waals surface area contributed by atoms with Crippen molar-refractivity contribution in [2.45, 2.75) is 29.9 Å². The summed E-state index contributed by atoms with van der Waals surface area (Å²) in [6.07, 6.45) is 1.40. The summed E-state index contributed by atoms with van der Waals surface area (Å²) in [6.45, 7) is 2.84. The minimum Gasteiger partial charge on any atom is -0.493 e. The van der Waals surface area contributed by atoms with Crippen LogP contribution in [0, 0.1) is 0 Å². The number of thioether (sulfide) groups is 1. The number of hydrogen-bond acceptors (Lipinski definition) is 4. The van der Waals surface area contributed by atoms with Gasteiger partial charge in [0.05, 0.1) is 19.9 Å². The van der Waals surface area contributed by atoms with E-state index in [0.717, 1.165) is 29.1 Å². The fourth-order valence-electron chi connectivity index (χ4n) is 3.09. The van der Waals surface area contributed by atoms with Gasteiger partial charge in [0.1, 0.15) is 0 Å². The van der Waals surface area contributed by atoms with Crippen LogP contribution in [0.25, 0.3) is 0 Å². The first-order valence-electron chi connectivity index (χ1n) is 8.46. The number of ether oxygens (including phenoxy) is 2. The van der Waals surface area contributed by atoms with E-state index in [0.29, 0.717) is 17.9 Å². The summed E-state index contributed by atoms with van der Waals surface area (Å²) in [7, 11) is 3.26. The Morgan fingerprint density at radius 3 is 2.60 bits per heavy atom. The summed E-state index contributed by atoms with van der Waals surface area (Å²) < 4.78 is 10.7. The number of hydrogen-bond donors (Lipinski definition) is 0. The number of amides is 1. The molecule has 25 heavy (non-hydrogen) atoms. The highest BCUT2D eigenvalue weighted by molar-refractivity contribution is 7.99. The zero-order valence-corrected chi connectivity index (χ0v) is 15.6. The second kappa shape index (κ2) is 7.83. The van der Waals surface area contributed by atoms with Crippen molar-refractivity contribution in [1.29, 1.82) is 0 Å². The van der Waals surface area contributed by atoms with E-state index in [9.17, 15) is 4.79 Å². The molecule has 1 heterocycles. The molecule has 3 rings (SSSR count). The average molecular weight is 357 g/mol. The van der Waals surface area contributed by atoms with E-state index in [-0.39, 0.29) is 11.2 Å². The van der Waals surface area contributed by atoms with Gasteiger partial charge in [-0.2, -0.15) is 0 Å². The second-order valence-electron chi connectivity index (χ2n) is 5.94. The third kappa shape index (κ3) is 3.61. The summed E-state index contributed by atoms with van der Waals surface area (Å²) in [5.41, 5.74) is 2.09. The number of anilines is 1. The molecule has 2 aromatic rings. The molecule has 0 aliphatic carbocycles. The molecule has 0 N–H and O–H groups in total.